The van der Waals surface area contributed by atoms with E-state index in [2.05, 4.69) is 49.0 Å². The van der Waals surface area contributed by atoms with E-state index in [1.54, 1.807) is 0 Å². The molecule has 0 atom stereocenters. The van der Waals surface area contributed by atoms with E-state index in [0.29, 0.717) is 5.92 Å². The summed E-state index contributed by atoms with van der Waals surface area (Å²) in [6, 6.07) is 6.71. The van der Waals surface area contributed by atoms with Gasteiger partial charge in [0.1, 0.15) is 0 Å². The molecule has 0 saturated heterocycles. The Hall–Kier alpha value is -1.41. The maximum atomic E-state index is 4.64. The third-order valence-electron chi connectivity index (χ3n) is 3.95. The van der Waals surface area contributed by atoms with Gasteiger partial charge in [0, 0.05) is 24.7 Å². The number of hydrogen-bond donors (Lipinski definition) is 0. The molecule has 1 aliphatic heterocycles. The van der Waals surface area contributed by atoms with Gasteiger partial charge in [0.2, 0.25) is 0 Å². The van der Waals surface area contributed by atoms with Gasteiger partial charge in [-0.2, -0.15) is 0 Å². The van der Waals surface area contributed by atoms with Gasteiger partial charge in [-0.3, -0.25) is 4.98 Å². The number of likely N-dealkylation sites (N-methyl/N-ethyl adjacent to an activating group) is 1. The first-order valence-electron chi connectivity index (χ1n) is 6.74. The van der Waals surface area contributed by atoms with Crippen LogP contribution in [0, 0.1) is 0 Å². The average Bonchev–Trinajstić information content (AvgIpc) is 2.37. The van der Waals surface area contributed by atoms with Gasteiger partial charge in [0.15, 0.2) is 0 Å². The Morgan fingerprint density at radius 3 is 2.83 bits per heavy atom. The molecule has 2 heterocycles. The molecule has 18 heavy (non-hydrogen) atoms. The van der Waals surface area contributed by atoms with Crippen molar-refractivity contribution in [3.8, 4) is 0 Å². The van der Waals surface area contributed by atoms with Crippen molar-refractivity contribution in [1.82, 2.24) is 9.88 Å². The second-order valence-electron chi connectivity index (χ2n) is 5.64. The second-order valence-corrected chi connectivity index (χ2v) is 5.64. The molecular formula is C16H20N2. The molecule has 1 aliphatic rings. The van der Waals surface area contributed by atoms with Crippen LogP contribution in [-0.2, 0) is 13.0 Å². The molecule has 2 nitrogen and oxygen atoms in total. The van der Waals surface area contributed by atoms with Gasteiger partial charge in [0.25, 0.3) is 0 Å². The topological polar surface area (TPSA) is 16.1 Å². The first-order valence-corrected chi connectivity index (χ1v) is 6.74. The van der Waals surface area contributed by atoms with E-state index < -0.39 is 0 Å². The number of benzene rings is 1. The highest BCUT2D eigenvalue weighted by Crippen LogP contribution is 2.30. The molecule has 0 bridgehead atoms. The Balaban J connectivity index is 2.24. The van der Waals surface area contributed by atoms with Crippen LogP contribution in [0.15, 0.2) is 24.4 Å². The Morgan fingerprint density at radius 1 is 1.22 bits per heavy atom. The lowest BCUT2D eigenvalue weighted by molar-refractivity contribution is 0.314. The molecule has 3 rings (SSSR count). The van der Waals surface area contributed by atoms with Gasteiger partial charge < -0.3 is 4.90 Å². The minimum atomic E-state index is 0.555. The highest BCUT2D eigenvalue weighted by molar-refractivity contribution is 5.86. The lowest BCUT2D eigenvalue weighted by Crippen LogP contribution is -2.26. The van der Waals surface area contributed by atoms with Crippen LogP contribution in [0.5, 0.6) is 0 Å². The lowest BCUT2D eigenvalue weighted by Gasteiger charge is -2.26. The molecule has 1 aromatic heterocycles. The molecule has 2 heteroatoms. The van der Waals surface area contributed by atoms with Crippen molar-refractivity contribution in [1.29, 1.82) is 0 Å². The molecule has 0 spiro atoms. The summed E-state index contributed by atoms with van der Waals surface area (Å²) in [5.41, 5.74) is 5.56. The smallest absolute Gasteiger partial charge is 0.0740 e. The van der Waals surface area contributed by atoms with Crippen LogP contribution < -0.4 is 0 Å². The van der Waals surface area contributed by atoms with Crippen LogP contribution in [0.2, 0.25) is 0 Å². The number of pyridine rings is 1. The SMILES string of the molecule is CC(C)c1ccnc2c3c(ccc12)CN(C)CC3. The Morgan fingerprint density at radius 2 is 2.06 bits per heavy atom. The Kier molecular flexibility index (Phi) is 2.83. The minimum absolute atomic E-state index is 0.555. The van der Waals surface area contributed by atoms with Gasteiger partial charge in [-0.1, -0.05) is 26.0 Å². The van der Waals surface area contributed by atoms with Crippen LogP contribution >= 0.6 is 0 Å². The van der Waals surface area contributed by atoms with Crippen LogP contribution in [0.25, 0.3) is 10.9 Å². The summed E-state index contributed by atoms with van der Waals surface area (Å²) in [6.45, 7) is 6.70. The zero-order valence-corrected chi connectivity index (χ0v) is 11.4. The van der Waals surface area contributed by atoms with E-state index in [-0.39, 0.29) is 0 Å². The van der Waals surface area contributed by atoms with Gasteiger partial charge in [-0.25, -0.2) is 0 Å². The van der Waals surface area contributed by atoms with Crippen molar-refractivity contribution in [2.75, 3.05) is 13.6 Å². The lowest BCUT2D eigenvalue weighted by atomic mass is 9.92. The van der Waals surface area contributed by atoms with Crippen molar-refractivity contribution in [3.05, 3.63) is 41.1 Å². The maximum Gasteiger partial charge on any atom is 0.0740 e. The predicted molar refractivity (Wildman–Crippen MR) is 75.9 cm³/mol. The number of fused-ring (bicyclic) bond motifs is 3. The summed E-state index contributed by atoms with van der Waals surface area (Å²) in [5, 5.41) is 1.34. The second kappa shape index (κ2) is 4.36. The summed E-state index contributed by atoms with van der Waals surface area (Å²) < 4.78 is 0. The monoisotopic (exact) mass is 240 g/mol. The van der Waals surface area contributed by atoms with Crippen molar-refractivity contribution in [2.24, 2.45) is 0 Å². The fraction of sp³-hybridized carbons (Fsp3) is 0.438. The van der Waals surface area contributed by atoms with Crippen LogP contribution in [0.3, 0.4) is 0 Å². The minimum Gasteiger partial charge on any atom is -0.302 e. The standard InChI is InChI=1S/C16H20N2/c1-11(2)13-6-8-17-16-14-7-9-18(3)10-12(14)4-5-15(13)16/h4-6,8,11H,7,9-10H2,1-3H3. The van der Waals surface area contributed by atoms with Crippen LogP contribution in [0.4, 0.5) is 0 Å². The van der Waals surface area contributed by atoms with E-state index >= 15 is 0 Å². The van der Waals surface area contributed by atoms with E-state index in [1.165, 1.54) is 27.6 Å². The third kappa shape index (κ3) is 1.81. The van der Waals surface area contributed by atoms with E-state index in [4.69, 9.17) is 0 Å². The molecule has 0 unspecified atom stereocenters. The largest absolute Gasteiger partial charge is 0.302 e. The van der Waals surface area contributed by atoms with Crippen molar-refractivity contribution < 1.29 is 0 Å². The average molecular weight is 240 g/mol. The molecule has 0 aliphatic carbocycles. The van der Waals surface area contributed by atoms with Gasteiger partial charge in [0.05, 0.1) is 5.52 Å². The highest BCUT2D eigenvalue weighted by atomic mass is 15.1. The molecule has 0 amide bonds. The fourth-order valence-corrected chi connectivity index (χ4v) is 2.94. The molecule has 0 fully saturated rings. The first kappa shape index (κ1) is 11.7. The molecule has 94 valence electrons. The normalized spacial score (nSPS) is 16.2. The van der Waals surface area contributed by atoms with E-state index in [1.807, 2.05) is 6.20 Å². The molecule has 0 radical (unpaired) electrons. The van der Waals surface area contributed by atoms with E-state index in [0.717, 1.165) is 19.5 Å². The maximum absolute atomic E-state index is 4.64. The number of rotatable bonds is 1. The summed E-state index contributed by atoms with van der Waals surface area (Å²) >= 11 is 0. The molecule has 2 aromatic rings. The third-order valence-corrected chi connectivity index (χ3v) is 3.95. The van der Waals surface area contributed by atoms with Crippen molar-refractivity contribution >= 4 is 10.9 Å². The Labute approximate surface area is 109 Å². The number of hydrogen-bond acceptors (Lipinski definition) is 2. The number of aromatic nitrogens is 1. The van der Waals surface area contributed by atoms with Gasteiger partial charge in [-0.05, 0) is 42.1 Å². The van der Waals surface area contributed by atoms with Gasteiger partial charge >= 0.3 is 0 Å². The van der Waals surface area contributed by atoms with Crippen molar-refractivity contribution in [2.45, 2.75) is 32.7 Å². The fourth-order valence-electron chi connectivity index (χ4n) is 2.94. The van der Waals surface area contributed by atoms with E-state index in [9.17, 15) is 0 Å². The predicted octanol–water partition coefficient (Wildman–Crippen LogP) is 3.35. The summed E-state index contributed by atoms with van der Waals surface area (Å²) in [5.74, 6) is 0.555. The molecule has 1 aromatic carbocycles. The highest BCUT2D eigenvalue weighted by Gasteiger charge is 2.17. The van der Waals surface area contributed by atoms with Gasteiger partial charge in [-0.15, -0.1) is 0 Å². The Bertz CT molecular complexity index is 587. The summed E-state index contributed by atoms with van der Waals surface area (Å²) in [4.78, 5) is 7.02. The zero-order valence-electron chi connectivity index (χ0n) is 11.4. The molecule has 0 saturated carbocycles. The van der Waals surface area contributed by atoms with Crippen LogP contribution in [-0.4, -0.2) is 23.5 Å². The van der Waals surface area contributed by atoms with Crippen LogP contribution in [0.1, 0.15) is 36.5 Å². The molecule has 0 N–H and O–H groups in total. The summed E-state index contributed by atoms with van der Waals surface area (Å²) in [6.07, 6.45) is 3.09. The zero-order chi connectivity index (χ0) is 12.7. The molecular weight excluding hydrogens is 220 g/mol. The van der Waals surface area contributed by atoms with Crippen molar-refractivity contribution in [3.63, 3.8) is 0 Å². The first-order chi connectivity index (χ1) is 8.66. The number of nitrogens with zero attached hydrogens (tertiary/aromatic N) is 2. The quantitative estimate of drug-likeness (QED) is 0.760. The summed E-state index contributed by atoms with van der Waals surface area (Å²) in [7, 11) is 2.19.